The number of alkyl halides is 3. The predicted octanol–water partition coefficient (Wildman–Crippen LogP) is 7.21. The Kier molecular flexibility index (Phi) is 6.19. The number of rotatable bonds is 2. The third-order valence-corrected chi connectivity index (χ3v) is 5.74. The molecule has 0 fully saturated rings. The van der Waals surface area contributed by atoms with Crippen LogP contribution >= 0.6 is 56.3 Å². The van der Waals surface area contributed by atoms with Gasteiger partial charge in [0.05, 0.1) is 11.3 Å². The highest BCUT2D eigenvalue weighted by atomic mass is 79.9. The topological polar surface area (TPSA) is 29.9 Å². The maximum atomic E-state index is 13.0. The van der Waals surface area contributed by atoms with E-state index in [1.165, 1.54) is 17.8 Å². The van der Waals surface area contributed by atoms with E-state index in [-0.39, 0.29) is 17.0 Å². The average molecular weight is 554 g/mol. The van der Waals surface area contributed by atoms with Gasteiger partial charge < -0.3 is 0 Å². The van der Waals surface area contributed by atoms with Crippen LogP contribution in [0.25, 0.3) is 17.0 Å². The maximum Gasteiger partial charge on any atom is 0.416 e. The highest BCUT2D eigenvalue weighted by Crippen LogP contribution is 2.38. The lowest BCUT2D eigenvalue weighted by Crippen LogP contribution is -2.17. The van der Waals surface area contributed by atoms with Crippen molar-refractivity contribution in [1.82, 2.24) is 9.66 Å². The molecule has 1 N–H and O–H groups in total. The van der Waals surface area contributed by atoms with Crippen molar-refractivity contribution < 1.29 is 13.2 Å². The molecule has 3 nitrogen and oxygen atoms in total. The molecule has 0 radical (unpaired) electrons. The first-order valence-corrected chi connectivity index (χ1v) is 9.73. The van der Waals surface area contributed by atoms with Gasteiger partial charge in [-0.05, 0) is 40.2 Å². The molecule has 0 unspecified atom stereocenters. The monoisotopic (exact) mass is 551 g/mol. The smallest absolute Gasteiger partial charge is 0.290 e. The molecule has 1 aliphatic heterocycles. The van der Waals surface area contributed by atoms with Gasteiger partial charge in [0.1, 0.15) is 10.3 Å². The molecule has 0 amide bonds. The van der Waals surface area contributed by atoms with Gasteiger partial charge in [-0.25, -0.2) is 9.66 Å². The number of nitrogens with one attached hydrogen (secondary N) is 1. The second kappa shape index (κ2) is 8.14. The average Bonchev–Trinajstić information content (AvgIpc) is 2.98. The molecule has 3 aromatic rings. The number of benzene rings is 2. The van der Waals surface area contributed by atoms with Crippen molar-refractivity contribution in [3.05, 3.63) is 74.7 Å². The molecule has 0 saturated heterocycles. The van der Waals surface area contributed by atoms with E-state index >= 15 is 0 Å². The normalized spacial score (nSPS) is 13.2. The molecule has 4 rings (SSSR count). The summed E-state index contributed by atoms with van der Waals surface area (Å²) in [7, 11) is 0. The first kappa shape index (κ1) is 21.3. The summed E-state index contributed by atoms with van der Waals surface area (Å²) in [5.74, 6) is 0. The van der Waals surface area contributed by atoms with Crippen LogP contribution in [0.2, 0.25) is 5.02 Å². The van der Waals surface area contributed by atoms with Crippen molar-refractivity contribution in [3.63, 3.8) is 0 Å². The van der Waals surface area contributed by atoms with Crippen LogP contribution in [-0.4, -0.2) is 9.66 Å². The quantitative estimate of drug-likeness (QED) is 0.364. The van der Waals surface area contributed by atoms with Gasteiger partial charge in [-0.3, -0.25) is 5.43 Å². The Morgan fingerprint density at radius 3 is 2.46 bits per heavy atom. The Bertz CT molecular complexity index is 1050. The third-order valence-electron chi connectivity index (χ3n) is 3.92. The van der Waals surface area contributed by atoms with E-state index in [0.717, 1.165) is 23.4 Å². The fourth-order valence-corrected chi connectivity index (χ4v) is 4.22. The minimum atomic E-state index is -4.40. The molecule has 1 aromatic heterocycles. The minimum absolute atomic E-state index is 0. The van der Waals surface area contributed by atoms with Gasteiger partial charge in [-0.1, -0.05) is 47.6 Å². The van der Waals surface area contributed by atoms with E-state index in [2.05, 4.69) is 26.3 Å². The van der Waals surface area contributed by atoms with Crippen molar-refractivity contribution in [1.29, 1.82) is 0 Å². The Hall–Kier alpha value is -1.42. The van der Waals surface area contributed by atoms with Crippen LogP contribution in [-0.2, 0) is 6.18 Å². The van der Waals surface area contributed by atoms with E-state index in [4.69, 9.17) is 11.6 Å². The Morgan fingerprint density at radius 1 is 1.07 bits per heavy atom. The largest absolute Gasteiger partial charge is 0.416 e. The lowest BCUT2D eigenvalue weighted by molar-refractivity contribution is -0.137. The van der Waals surface area contributed by atoms with Crippen LogP contribution in [0.4, 0.5) is 13.2 Å². The molecule has 0 aliphatic carbocycles. The molecule has 146 valence electrons. The van der Waals surface area contributed by atoms with Gasteiger partial charge in [0, 0.05) is 21.6 Å². The van der Waals surface area contributed by atoms with Gasteiger partial charge in [-0.15, -0.1) is 17.0 Å². The van der Waals surface area contributed by atoms with Crippen molar-refractivity contribution in [2.45, 2.75) is 11.3 Å². The molecular weight excluding hydrogens is 543 g/mol. The molecule has 0 saturated carbocycles. The lowest BCUT2D eigenvalue weighted by Gasteiger charge is -2.18. The van der Waals surface area contributed by atoms with E-state index in [0.29, 0.717) is 26.0 Å². The van der Waals surface area contributed by atoms with Crippen LogP contribution in [0.3, 0.4) is 0 Å². The van der Waals surface area contributed by atoms with Crippen LogP contribution in [0.1, 0.15) is 11.1 Å². The number of nitrogens with zero attached hydrogens (tertiary/aromatic N) is 2. The third kappa shape index (κ3) is 4.12. The van der Waals surface area contributed by atoms with E-state index < -0.39 is 11.7 Å². The summed E-state index contributed by atoms with van der Waals surface area (Å²) in [5, 5.41) is 3.15. The summed E-state index contributed by atoms with van der Waals surface area (Å²) < 4.78 is 41.3. The van der Waals surface area contributed by atoms with Crippen LogP contribution < -0.4 is 5.43 Å². The summed E-state index contributed by atoms with van der Waals surface area (Å²) in [6.07, 6.45) is -4.40. The predicted molar refractivity (Wildman–Crippen MR) is 115 cm³/mol. The zero-order valence-electron chi connectivity index (χ0n) is 13.8. The fourth-order valence-electron chi connectivity index (χ4n) is 2.60. The summed E-state index contributed by atoms with van der Waals surface area (Å²) in [6.45, 7) is 0. The van der Waals surface area contributed by atoms with Gasteiger partial charge in [-0.2, -0.15) is 13.2 Å². The van der Waals surface area contributed by atoms with E-state index in [9.17, 15) is 13.2 Å². The van der Waals surface area contributed by atoms with E-state index in [1.54, 1.807) is 22.9 Å². The highest BCUT2D eigenvalue weighted by Gasteiger charge is 2.31. The number of aromatic nitrogens is 2. The maximum absolute atomic E-state index is 13.0. The molecular formula is C18H11Br2ClF3N3S. The molecule has 28 heavy (non-hydrogen) atoms. The second-order valence-electron chi connectivity index (χ2n) is 5.72. The van der Waals surface area contributed by atoms with Gasteiger partial charge >= 0.3 is 6.18 Å². The second-order valence-corrected chi connectivity index (χ2v) is 7.74. The number of thioether (sulfide) groups is 1. The first-order chi connectivity index (χ1) is 12.8. The van der Waals surface area contributed by atoms with Crippen LogP contribution in [0, 0.1) is 0 Å². The number of halogens is 6. The van der Waals surface area contributed by atoms with E-state index in [1.807, 2.05) is 17.5 Å². The zero-order valence-corrected chi connectivity index (χ0v) is 18.7. The van der Waals surface area contributed by atoms with Gasteiger partial charge in [0.2, 0.25) is 0 Å². The first-order valence-electron chi connectivity index (χ1n) is 7.68. The standard InChI is InChI=1S/C18H10BrClF3N3S.BrH/c19-16-15(11-2-1-3-12(8-11)18(21,22)23)24-17-26(16)25-14(9-27-17)10-4-6-13(20)7-5-10;/h1-9,25H;1H. The Labute approximate surface area is 186 Å². The number of fused-ring (bicyclic) bond motifs is 1. The summed E-state index contributed by atoms with van der Waals surface area (Å²) >= 11 is 10.8. The molecule has 2 aromatic carbocycles. The molecule has 0 spiro atoms. The number of hydrogen-bond donors (Lipinski definition) is 1. The van der Waals surface area contributed by atoms with Gasteiger partial charge in [0.15, 0.2) is 5.16 Å². The molecule has 0 bridgehead atoms. The SMILES string of the molecule is Br.FC(F)(F)c1cccc(-c2nc3n(c2Br)NC(c2ccc(Cl)cc2)=CS3)c1. The van der Waals surface area contributed by atoms with Crippen molar-refractivity contribution in [3.8, 4) is 11.3 Å². The minimum Gasteiger partial charge on any atom is -0.290 e. The Morgan fingerprint density at radius 2 is 1.79 bits per heavy atom. The molecule has 10 heteroatoms. The fraction of sp³-hybridized carbons (Fsp3) is 0.0556. The van der Waals surface area contributed by atoms with Crippen molar-refractivity contribution in [2.24, 2.45) is 0 Å². The summed E-state index contributed by atoms with van der Waals surface area (Å²) in [5.41, 5.74) is 5.08. The number of hydrogen-bond acceptors (Lipinski definition) is 3. The molecule has 2 heterocycles. The Balaban J connectivity index is 0.00000225. The molecule has 0 atom stereocenters. The highest BCUT2D eigenvalue weighted by molar-refractivity contribution is 9.10. The zero-order chi connectivity index (χ0) is 19.2. The number of imidazole rings is 1. The molecule has 1 aliphatic rings. The summed E-state index contributed by atoms with van der Waals surface area (Å²) in [4.78, 5) is 4.47. The van der Waals surface area contributed by atoms with Crippen LogP contribution in [0.5, 0.6) is 0 Å². The van der Waals surface area contributed by atoms with Gasteiger partial charge in [0.25, 0.3) is 0 Å². The lowest BCUT2D eigenvalue weighted by atomic mass is 10.1. The summed E-state index contributed by atoms with van der Waals surface area (Å²) in [6, 6.07) is 12.5. The van der Waals surface area contributed by atoms with Crippen LogP contribution in [0.15, 0.2) is 63.7 Å². The van der Waals surface area contributed by atoms with Crippen molar-refractivity contribution in [2.75, 3.05) is 5.43 Å². The van der Waals surface area contributed by atoms with Crippen molar-refractivity contribution >= 4 is 62.0 Å².